The molecular weight excluding hydrogens is 180 g/mol. The van der Waals surface area contributed by atoms with E-state index in [1.54, 1.807) is 4.90 Å². The van der Waals surface area contributed by atoms with E-state index in [1.165, 1.54) is 0 Å². The van der Waals surface area contributed by atoms with Gasteiger partial charge >= 0.3 is 0 Å². The van der Waals surface area contributed by atoms with E-state index in [0.717, 1.165) is 13.0 Å². The van der Waals surface area contributed by atoms with Gasteiger partial charge in [0.1, 0.15) is 0 Å². The summed E-state index contributed by atoms with van der Waals surface area (Å²) in [6.45, 7) is 3.00. The van der Waals surface area contributed by atoms with Crippen LogP contribution in [0.2, 0.25) is 0 Å². The number of likely N-dealkylation sites (N-methyl/N-ethyl adjacent to an activating group) is 2. The number of aliphatic hydroxyl groups excluding tert-OH is 1. The third-order valence-corrected chi connectivity index (χ3v) is 3.13. The van der Waals surface area contributed by atoms with Gasteiger partial charge in [-0.25, -0.2) is 0 Å². The summed E-state index contributed by atoms with van der Waals surface area (Å²) in [4.78, 5) is 15.7. The Morgan fingerprint density at radius 2 is 2.14 bits per heavy atom. The van der Waals surface area contributed by atoms with Crippen molar-refractivity contribution in [3.05, 3.63) is 0 Å². The number of rotatable bonds is 2. The van der Waals surface area contributed by atoms with Gasteiger partial charge in [-0.2, -0.15) is 0 Å². The average molecular weight is 200 g/mol. The molecule has 2 unspecified atom stereocenters. The van der Waals surface area contributed by atoms with Gasteiger partial charge in [-0.15, -0.1) is 0 Å². The summed E-state index contributed by atoms with van der Waals surface area (Å²) < 4.78 is 0. The molecule has 1 amide bonds. The quantitative estimate of drug-likeness (QED) is 0.678. The zero-order valence-corrected chi connectivity index (χ0v) is 9.23. The molecular formula is C10H20N2O2. The lowest BCUT2D eigenvalue weighted by atomic mass is 10.1. The van der Waals surface area contributed by atoms with Crippen LogP contribution in [0.15, 0.2) is 0 Å². The maximum absolute atomic E-state index is 11.9. The molecule has 14 heavy (non-hydrogen) atoms. The normalized spacial score (nSPS) is 30.6. The Hall–Kier alpha value is -0.610. The van der Waals surface area contributed by atoms with Crippen LogP contribution in [0, 0.1) is 0 Å². The standard InChI is InChI=1S/C10H20N2O2/c1-8-4-6-11(2)10(14)9(5-7-13)12(8)3/h8-9,13H,4-7H2,1-3H3. The SMILES string of the molecule is CC1CCN(C)C(=O)C(CCO)N1C. The fourth-order valence-electron chi connectivity index (χ4n) is 1.88. The van der Waals surface area contributed by atoms with Crippen LogP contribution in [-0.2, 0) is 4.79 Å². The van der Waals surface area contributed by atoms with Crippen molar-refractivity contribution in [3.8, 4) is 0 Å². The van der Waals surface area contributed by atoms with Gasteiger partial charge in [0, 0.05) is 26.2 Å². The van der Waals surface area contributed by atoms with E-state index in [9.17, 15) is 4.79 Å². The van der Waals surface area contributed by atoms with Crippen molar-refractivity contribution >= 4 is 5.91 Å². The van der Waals surface area contributed by atoms with Crippen LogP contribution in [-0.4, -0.2) is 60.1 Å². The molecule has 82 valence electrons. The maximum atomic E-state index is 11.9. The molecule has 1 N–H and O–H groups in total. The predicted molar refractivity (Wildman–Crippen MR) is 55.0 cm³/mol. The number of hydrogen-bond donors (Lipinski definition) is 1. The van der Waals surface area contributed by atoms with Crippen molar-refractivity contribution in [1.82, 2.24) is 9.80 Å². The van der Waals surface area contributed by atoms with Gasteiger partial charge in [-0.3, -0.25) is 9.69 Å². The van der Waals surface area contributed by atoms with Gasteiger partial charge in [0.15, 0.2) is 0 Å². The Balaban J connectivity index is 2.77. The first-order chi connectivity index (χ1) is 6.57. The van der Waals surface area contributed by atoms with Crippen molar-refractivity contribution in [2.75, 3.05) is 27.2 Å². The predicted octanol–water partition coefficient (Wildman–Crippen LogP) is -0.0802. The molecule has 1 fully saturated rings. The first-order valence-electron chi connectivity index (χ1n) is 5.15. The lowest BCUT2D eigenvalue weighted by molar-refractivity contribution is -0.134. The van der Waals surface area contributed by atoms with Crippen LogP contribution in [0.5, 0.6) is 0 Å². The molecule has 0 aromatic heterocycles. The second kappa shape index (κ2) is 4.75. The number of aliphatic hydroxyl groups is 1. The third-order valence-electron chi connectivity index (χ3n) is 3.13. The Morgan fingerprint density at radius 3 is 2.71 bits per heavy atom. The maximum Gasteiger partial charge on any atom is 0.239 e. The Morgan fingerprint density at radius 1 is 1.50 bits per heavy atom. The van der Waals surface area contributed by atoms with Gasteiger partial charge in [0.05, 0.1) is 6.04 Å². The molecule has 1 rings (SSSR count). The second-order valence-electron chi connectivity index (χ2n) is 4.09. The smallest absolute Gasteiger partial charge is 0.239 e. The van der Waals surface area contributed by atoms with Crippen LogP contribution in [0.4, 0.5) is 0 Å². The molecule has 1 heterocycles. The summed E-state index contributed by atoms with van der Waals surface area (Å²) in [7, 11) is 3.79. The van der Waals surface area contributed by atoms with Gasteiger partial charge in [0.25, 0.3) is 0 Å². The minimum absolute atomic E-state index is 0.0707. The topological polar surface area (TPSA) is 43.8 Å². The first-order valence-corrected chi connectivity index (χ1v) is 5.15. The molecule has 0 bridgehead atoms. The van der Waals surface area contributed by atoms with Crippen molar-refractivity contribution in [2.45, 2.75) is 31.8 Å². The monoisotopic (exact) mass is 200 g/mol. The molecule has 1 aliphatic rings. The summed E-state index contributed by atoms with van der Waals surface area (Å²) in [5.74, 6) is 0.130. The molecule has 0 radical (unpaired) electrons. The molecule has 0 spiro atoms. The number of hydrogen-bond acceptors (Lipinski definition) is 3. The molecule has 2 atom stereocenters. The fraction of sp³-hybridized carbons (Fsp3) is 0.900. The molecule has 0 aromatic rings. The highest BCUT2D eigenvalue weighted by molar-refractivity contribution is 5.81. The van der Waals surface area contributed by atoms with Gasteiger partial charge < -0.3 is 10.0 Å². The summed E-state index contributed by atoms with van der Waals surface area (Å²) in [5.41, 5.74) is 0. The number of nitrogens with zero attached hydrogens (tertiary/aromatic N) is 2. The Bertz CT molecular complexity index is 208. The average Bonchev–Trinajstić information content (AvgIpc) is 2.26. The van der Waals surface area contributed by atoms with Crippen LogP contribution in [0.25, 0.3) is 0 Å². The molecule has 4 heteroatoms. The zero-order chi connectivity index (χ0) is 10.7. The van der Waals surface area contributed by atoms with Crippen molar-refractivity contribution in [2.24, 2.45) is 0 Å². The molecule has 0 saturated carbocycles. The van der Waals surface area contributed by atoms with E-state index in [1.807, 2.05) is 14.1 Å². The summed E-state index contributed by atoms with van der Waals surface area (Å²) in [6.07, 6.45) is 1.53. The lowest BCUT2D eigenvalue weighted by Gasteiger charge is -2.29. The zero-order valence-electron chi connectivity index (χ0n) is 9.23. The lowest BCUT2D eigenvalue weighted by Crippen LogP contribution is -2.45. The summed E-state index contributed by atoms with van der Waals surface area (Å²) in [6, 6.07) is 0.253. The molecule has 4 nitrogen and oxygen atoms in total. The molecule has 0 aromatic carbocycles. The summed E-state index contributed by atoms with van der Waals surface area (Å²) >= 11 is 0. The van der Waals surface area contributed by atoms with E-state index >= 15 is 0 Å². The van der Waals surface area contributed by atoms with Crippen molar-refractivity contribution in [1.29, 1.82) is 0 Å². The van der Waals surface area contributed by atoms with E-state index in [4.69, 9.17) is 5.11 Å². The van der Waals surface area contributed by atoms with E-state index < -0.39 is 0 Å². The van der Waals surface area contributed by atoms with E-state index in [-0.39, 0.29) is 18.6 Å². The van der Waals surface area contributed by atoms with Crippen LogP contribution in [0.3, 0.4) is 0 Å². The minimum Gasteiger partial charge on any atom is -0.396 e. The number of amides is 1. The van der Waals surface area contributed by atoms with Crippen molar-refractivity contribution < 1.29 is 9.90 Å². The largest absolute Gasteiger partial charge is 0.396 e. The highest BCUT2D eigenvalue weighted by atomic mass is 16.3. The van der Waals surface area contributed by atoms with Gasteiger partial charge in [0.2, 0.25) is 5.91 Å². The minimum atomic E-state index is -0.150. The van der Waals surface area contributed by atoms with E-state index in [2.05, 4.69) is 11.8 Å². The third kappa shape index (κ3) is 2.25. The van der Waals surface area contributed by atoms with E-state index in [0.29, 0.717) is 12.5 Å². The molecule has 1 saturated heterocycles. The highest BCUT2D eigenvalue weighted by Gasteiger charge is 2.31. The van der Waals surface area contributed by atoms with Crippen LogP contribution >= 0.6 is 0 Å². The first kappa shape index (κ1) is 11.5. The highest BCUT2D eigenvalue weighted by Crippen LogP contribution is 2.16. The molecule has 0 aliphatic carbocycles. The van der Waals surface area contributed by atoms with Gasteiger partial charge in [-0.1, -0.05) is 0 Å². The Labute approximate surface area is 85.5 Å². The summed E-state index contributed by atoms with van der Waals surface area (Å²) in [5, 5.41) is 8.92. The fourth-order valence-corrected chi connectivity index (χ4v) is 1.88. The molecule has 1 aliphatic heterocycles. The number of carbonyl (C=O) groups is 1. The van der Waals surface area contributed by atoms with Crippen molar-refractivity contribution in [3.63, 3.8) is 0 Å². The van der Waals surface area contributed by atoms with Crippen LogP contribution < -0.4 is 0 Å². The van der Waals surface area contributed by atoms with Crippen LogP contribution in [0.1, 0.15) is 19.8 Å². The number of carbonyl (C=O) groups excluding carboxylic acids is 1. The second-order valence-corrected chi connectivity index (χ2v) is 4.09. The Kier molecular flexibility index (Phi) is 3.89. The van der Waals surface area contributed by atoms with Gasteiger partial charge in [-0.05, 0) is 26.8 Å².